The van der Waals surface area contributed by atoms with E-state index in [1.165, 1.54) is 0 Å². The second-order valence-electron chi connectivity index (χ2n) is 3.19. The normalized spacial score (nSPS) is 15.6. The zero-order chi connectivity index (χ0) is 12.1. The van der Waals surface area contributed by atoms with Crippen LogP contribution in [-0.4, -0.2) is 60.1 Å². The second-order valence-corrected chi connectivity index (χ2v) is 5.32. The summed E-state index contributed by atoms with van der Waals surface area (Å²) in [6.45, 7) is 1.53. The van der Waals surface area contributed by atoms with Crippen molar-refractivity contribution in [2.45, 2.75) is 19.1 Å². The fourth-order valence-electron chi connectivity index (χ4n) is 0.761. The van der Waals surface area contributed by atoms with Crippen LogP contribution in [0.3, 0.4) is 0 Å². The van der Waals surface area contributed by atoms with Gasteiger partial charge in [0.1, 0.15) is 0 Å². The molecule has 0 bridgehead atoms. The fraction of sp³-hybridized carbons (Fsp3) is 1.00. The zero-order valence-corrected chi connectivity index (χ0v) is 15.1. The smallest absolute Gasteiger partial charge is 0.735 e. The molecule has 2 atom stereocenters. The van der Waals surface area contributed by atoms with Gasteiger partial charge >= 0.3 is 51.4 Å². The SMILES string of the molecule is CC(CBr)OCC(O)CN(C)S(=O)(=O)[O-].[K+]. The predicted octanol–water partition coefficient (Wildman–Crippen LogP) is -3.46. The molecule has 0 aromatic rings. The Morgan fingerprint density at radius 3 is 2.44 bits per heavy atom. The summed E-state index contributed by atoms with van der Waals surface area (Å²) in [5.74, 6) is 0. The molecule has 9 heteroatoms. The van der Waals surface area contributed by atoms with Crippen molar-refractivity contribution in [2.75, 3.05) is 25.5 Å². The third kappa shape index (κ3) is 9.89. The average molecular weight is 344 g/mol. The number of halogens is 1. The molecule has 0 fully saturated rings. The summed E-state index contributed by atoms with van der Waals surface area (Å²) in [7, 11) is -3.37. The van der Waals surface area contributed by atoms with Gasteiger partial charge in [-0.1, -0.05) is 15.9 Å². The van der Waals surface area contributed by atoms with Gasteiger partial charge in [-0.25, -0.2) is 12.7 Å². The maximum absolute atomic E-state index is 10.5. The van der Waals surface area contributed by atoms with E-state index in [1.54, 1.807) is 6.92 Å². The van der Waals surface area contributed by atoms with E-state index in [-0.39, 0.29) is 70.6 Å². The van der Waals surface area contributed by atoms with Crippen LogP contribution >= 0.6 is 15.9 Å². The van der Waals surface area contributed by atoms with Gasteiger partial charge in [0.2, 0.25) is 0 Å². The van der Waals surface area contributed by atoms with Gasteiger partial charge in [0, 0.05) is 18.9 Å². The molecule has 16 heavy (non-hydrogen) atoms. The summed E-state index contributed by atoms with van der Waals surface area (Å²) >= 11 is 3.18. The Kier molecular flexibility index (Phi) is 12.4. The van der Waals surface area contributed by atoms with E-state index >= 15 is 0 Å². The van der Waals surface area contributed by atoms with Gasteiger partial charge in [-0.2, -0.15) is 0 Å². The molecule has 1 N–H and O–H groups in total. The quantitative estimate of drug-likeness (QED) is 0.295. The molecule has 0 aromatic carbocycles. The molecular formula is C7H15BrKNO5S. The van der Waals surface area contributed by atoms with Crippen LogP contribution in [0, 0.1) is 0 Å². The Bertz CT molecular complexity index is 276. The van der Waals surface area contributed by atoms with Gasteiger partial charge in [0.05, 0.1) is 18.8 Å². The maximum Gasteiger partial charge on any atom is 1.00 e. The van der Waals surface area contributed by atoms with E-state index in [9.17, 15) is 18.1 Å². The zero-order valence-electron chi connectivity index (χ0n) is 9.59. The van der Waals surface area contributed by atoms with E-state index in [4.69, 9.17) is 4.74 Å². The van der Waals surface area contributed by atoms with Crippen LogP contribution in [0.5, 0.6) is 0 Å². The first-order chi connectivity index (χ1) is 6.77. The fourth-order valence-corrected chi connectivity index (χ4v) is 1.30. The van der Waals surface area contributed by atoms with Crippen LogP contribution in [0.25, 0.3) is 0 Å². The minimum atomic E-state index is -4.48. The standard InChI is InChI=1S/C7H16BrNO5S.K/c1-6(3-8)14-5-7(10)4-9(2)15(11,12)13;/h6-7,10H,3-5H2,1-2H3,(H,11,12,13);/q;+1/p-1. The monoisotopic (exact) mass is 343 g/mol. The number of hydrogen-bond acceptors (Lipinski definition) is 5. The Morgan fingerprint density at radius 1 is 1.56 bits per heavy atom. The minimum Gasteiger partial charge on any atom is -0.735 e. The molecule has 0 aliphatic carbocycles. The van der Waals surface area contributed by atoms with E-state index in [0.29, 0.717) is 9.64 Å². The van der Waals surface area contributed by atoms with Crippen molar-refractivity contribution in [3.63, 3.8) is 0 Å². The van der Waals surface area contributed by atoms with E-state index in [1.807, 2.05) is 0 Å². The maximum atomic E-state index is 10.5. The van der Waals surface area contributed by atoms with Crippen LogP contribution in [0.4, 0.5) is 0 Å². The van der Waals surface area contributed by atoms with E-state index < -0.39 is 16.4 Å². The van der Waals surface area contributed by atoms with Crippen molar-refractivity contribution in [3.8, 4) is 0 Å². The van der Waals surface area contributed by atoms with Gasteiger partial charge < -0.3 is 14.4 Å². The molecule has 2 unspecified atom stereocenters. The topological polar surface area (TPSA) is 89.9 Å². The summed E-state index contributed by atoms with van der Waals surface area (Å²) in [5.41, 5.74) is 0. The molecule has 0 saturated carbocycles. The number of hydrogen-bond donors (Lipinski definition) is 1. The third-order valence-electron chi connectivity index (χ3n) is 1.64. The predicted molar refractivity (Wildman–Crippen MR) is 57.5 cm³/mol. The number of likely N-dealkylation sites (N-methyl/N-ethyl adjacent to an activating group) is 1. The first kappa shape index (κ1) is 20.2. The van der Waals surface area contributed by atoms with Gasteiger partial charge in [-0.3, -0.25) is 0 Å². The van der Waals surface area contributed by atoms with E-state index in [2.05, 4.69) is 15.9 Å². The van der Waals surface area contributed by atoms with Gasteiger partial charge in [0.15, 0.2) is 10.3 Å². The van der Waals surface area contributed by atoms with Gasteiger partial charge in [-0.15, -0.1) is 0 Å². The van der Waals surface area contributed by atoms with Crippen LogP contribution in [0.1, 0.15) is 6.92 Å². The number of alkyl halides is 1. The Morgan fingerprint density at radius 2 is 2.06 bits per heavy atom. The summed E-state index contributed by atoms with van der Waals surface area (Å²) in [4.78, 5) is 0. The number of rotatable bonds is 7. The summed E-state index contributed by atoms with van der Waals surface area (Å²) in [6, 6.07) is 0. The molecule has 0 amide bonds. The summed E-state index contributed by atoms with van der Waals surface area (Å²) in [5, 5.41) is 9.96. The van der Waals surface area contributed by atoms with Crippen LogP contribution in [0.15, 0.2) is 0 Å². The Labute approximate surface area is 147 Å². The van der Waals surface area contributed by atoms with Crippen molar-refractivity contribution in [3.05, 3.63) is 0 Å². The van der Waals surface area contributed by atoms with Crippen molar-refractivity contribution in [1.82, 2.24) is 4.31 Å². The number of ether oxygens (including phenoxy) is 1. The summed E-state index contributed by atoms with van der Waals surface area (Å²) in [6.07, 6.45) is -1.07. The molecule has 0 heterocycles. The molecular weight excluding hydrogens is 329 g/mol. The van der Waals surface area contributed by atoms with Crippen molar-refractivity contribution in [1.29, 1.82) is 0 Å². The van der Waals surface area contributed by atoms with E-state index in [0.717, 1.165) is 7.05 Å². The van der Waals surface area contributed by atoms with Crippen molar-refractivity contribution < 1.29 is 74.2 Å². The first-order valence-corrected chi connectivity index (χ1v) is 6.78. The third-order valence-corrected chi connectivity index (χ3v) is 3.46. The molecule has 0 aliphatic heterocycles. The van der Waals surface area contributed by atoms with Gasteiger partial charge in [0.25, 0.3) is 0 Å². The minimum absolute atomic E-state index is 0. The molecule has 92 valence electrons. The summed E-state index contributed by atoms with van der Waals surface area (Å²) < 4.78 is 37.1. The molecule has 0 radical (unpaired) electrons. The van der Waals surface area contributed by atoms with Gasteiger partial charge in [-0.05, 0) is 6.92 Å². The van der Waals surface area contributed by atoms with Crippen molar-refractivity contribution in [2.24, 2.45) is 0 Å². The Hall–Kier alpha value is 1.91. The van der Waals surface area contributed by atoms with Crippen LogP contribution in [-0.2, 0) is 15.0 Å². The largest absolute Gasteiger partial charge is 1.00 e. The number of aliphatic hydroxyl groups excluding tert-OH is 1. The van der Waals surface area contributed by atoms with Crippen LogP contribution in [0.2, 0.25) is 0 Å². The molecule has 0 saturated heterocycles. The molecule has 6 nitrogen and oxygen atoms in total. The molecule has 0 aromatic heterocycles. The molecule has 0 rings (SSSR count). The van der Waals surface area contributed by atoms with Crippen molar-refractivity contribution >= 4 is 26.2 Å². The molecule has 0 spiro atoms. The number of nitrogens with zero attached hydrogens (tertiary/aromatic N) is 1. The number of aliphatic hydroxyl groups is 1. The second kappa shape index (κ2) is 9.79. The average Bonchev–Trinajstić information content (AvgIpc) is 2.12. The molecule has 0 aliphatic rings. The Balaban J connectivity index is 0. The van der Waals surface area contributed by atoms with Crippen LogP contribution < -0.4 is 51.4 Å². The first-order valence-electron chi connectivity index (χ1n) is 4.30.